The van der Waals surface area contributed by atoms with Crippen LogP contribution in [0.3, 0.4) is 0 Å². The maximum atomic E-state index is 12.7. The standard InChI is InChI=1S/C29H24Cl2N2O4/c1-35-28-16-21(11-13-27(28)36-18-20-7-3-2-4-8-20)29(34)33-32-17-23-15-24(30)12-14-26(23)37-19-22-9-5-6-10-25(22)31/h2-17H,18-19H2,1H3,(H,33,34)/b32-17+. The van der Waals surface area contributed by atoms with Gasteiger partial charge in [0.15, 0.2) is 11.5 Å². The molecule has 4 rings (SSSR count). The van der Waals surface area contributed by atoms with Crippen molar-refractivity contribution < 1.29 is 19.0 Å². The molecule has 0 aliphatic carbocycles. The predicted molar refractivity (Wildman–Crippen MR) is 146 cm³/mol. The molecule has 0 fully saturated rings. The van der Waals surface area contributed by atoms with Gasteiger partial charge in [-0.2, -0.15) is 5.10 Å². The highest BCUT2D eigenvalue weighted by Gasteiger charge is 2.12. The van der Waals surface area contributed by atoms with E-state index < -0.39 is 5.91 Å². The van der Waals surface area contributed by atoms with Crippen molar-refractivity contribution in [1.82, 2.24) is 5.43 Å². The Morgan fingerprint density at radius 3 is 2.35 bits per heavy atom. The molecule has 0 aromatic heterocycles. The van der Waals surface area contributed by atoms with Crippen LogP contribution < -0.4 is 19.6 Å². The number of hydrogen-bond donors (Lipinski definition) is 1. The minimum absolute atomic E-state index is 0.271. The molecule has 0 bridgehead atoms. The van der Waals surface area contributed by atoms with E-state index in [0.29, 0.717) is 45.0 Å². The zero-order chi connectivity index (χ0) is 26.0. The van der Waals surface area contributed by atoms with Gasteiger partial charge in [-0.1, -0.05) is 71.7 Å². The summed E-state index contributed by atoms with van der Waals surface area (Å²) in [6.45, 7) is 0.653. The maximum absolute atomic E-state index is 12.7. The molecule has 0 unspecified atom stereocenters. The monoisotopic (exact) mass is 534 g/mol. The highest BCUT2D eigenvalue weighted by molar-refractivity contribution is 6.31. The zero-order valence-corrected chi connectivity index (χ0v) is 21.5. The Morgan fingerprint density at radius 2 is 1.57 bits per heavy atom. The average molecular weight is 535 g/mol. The van der Waals surface area contributed by atoms with E-state index in [4.69, 9.17) is 37.4 Å². The number of hydrogen-bond acceptors (Lipinski definition) is 5. The van der Waals surface area contributed by atoms with E-state index in [9.17, 15) is 4.79 Å². The van der Waals surface area contributed by atoms with Crippen molar-refractivity contribution in [2.45, 2.75) is 13.2 Å². The third-order valence-electron chi connectivity index (χ3n) is 5.35. The number of ether oxygens (including phenoxy) is 3. The summed E-state index contributed by atoms with van der Waals surface area (Å²) in [6, 6.07) is 27.3. The summed E-state index contributed by atoms with van der Waals surface area (Å²) in [5, 5.41) is 5.21. The van der Waals surface area contributed by atoms with E-state index in [-0.39, 0.29) is 6.61 Å². The molecule has 8 heteroatoms. The molecule has 0 spiro atoms. The lowest BCUT2D eigenvalue weighted by atomic mass is 10.2. The molecule has 4 aromatic rings. The number of hydrazone groups is 1. The van der Waals surface area contributed by atoms with Crippen LogP contribution in [0.15, 0.2) is 96.1 Å². The fourth-order valence-corrected chi connectivity index (χ4v) is 3.78. The van der Waals surface area contributed by atoms with E-state index in [1.54, 1.807) is 42.5 Å². The Hall–Kier alpha value is -4.00. The summed E-state index contributed by atoms with van der Waals surface area (Å²) in [4.78, 5) is 12.7. The van der Waals surface area contributed by atoms with Crippen molar-refractivity contribution in [2.75, 3.05) is 7.11 Å². The Morgan fingerprint density at radius 1 is 0.838 bits per heavy atom. The van der Waals surface area contributed by atoms with Crippen LogP contribution in [0.25, 0.3) is 0 Å². The first kappa shape index (κ1) is 26.1. The maximum Gasteiger partial charge on any atom is 0.271 e. The van der Waals surface area contributed by atoms with E-state index in [0.717, 1.165) is 11.1 Å². The van der Waals surface area contributed by atoms with Crippen LogP contribution in [0, 0.1) is 0 Å². The van der Waals surface area contributed by atoms with E-state index in [1.807, 2.05) is 48.5 Å². The van der Waals surface area contributed by atoms with Crippen molar-refractivity contribution in [1.29, 1.82) is 0 Å². The molecule has 4 aromatic carbocycles. The van der Waals surface area contributed by atoms with E-state index in [1.165, 1.54) is 13.3 Å². The van der Waals surface area contributed by atoms with Crippen LogP contribution >= 0.6 is 23.2 Å². The van der Waals surface area contributed by atoms with Crippen molar-refractivity contribution in [2.24, 2.45) is 5.10 Å². The van der Waals surface area contributed by atoms with Gasteiger partial charge in [-0.05, 0) is 48.0 Å². The molecule has 188 valence electrons. The Bertz CT molecular complexity index is 1390. The Labute approximate surface area is 225 Å². The number of carbonyl (C=O) groups is 1. The fraction of sp³-hybridized carbons (Fsp3) is 0.103. The van der Waals surface area contributed by atoms with Gasteiger partial charge in [0.05, 0.1) is 13.3 Å². The van der Waals surface area contributed by atoms with Crippen LogP contribution in [-0.2, 0) is 13.2 Å². The number of amides is 1. The second-order valence-corrected chi connectivity index (χ2v) is 8.74. The molecule has 0 atom stereocenters. The topological polar surface area (TPSA) is 69.2 Å². The number of carbonyl (C=O) groups excluding carboxylic acids is 1. The van der Waals surface area contributed by atoms with Crippen molar-refractivity contribution in [3.8, 4) is 17.2 Å². The summed E-state index contributed by atoms with van der Waals surface area (Å²) in [5.74, 6) is 1.11. The van der Waals surface area contributed by atoms with Crippen LogP contribution in [0.4, 0.5) is 0 Å². The van der Waals surface area contributed by atoms with E-state index >= 15 is 0 Å². The van der Waals surface area contributed by atoms with Gasteiger partial charge < -0.3 is 14.2 Å². The van der Waals surface area contributed by atoms with Crippen molar-refractivity contribution in [3.63, 3.8) is 0 Å². The summed E-state index contributed by atoms with van der Waals surface area (Å²) in [6.07, 6.45) is 1.47. The van der Waals surface area contributed by atoms with Crippen LogP contribution in [0.1, 0.15) is 27.0 Å². The molecule has 0 saturated heterocycles. The largest absolute Gasteiger partial charge is 0.493 e. The highest BCUT2D eigenvalue weighted by atomic mass is 35.5. The minimum Gasteiger partial charge on any atom is -0.493 e. The highest BCUT2D eigenvalue weighted by Crippen LogP contribution is 2.29. The lowest BCUT2D eigenvalue weighted by molar-refractivity contribution is 0.0954. The molecule has 37 heavy (non-hydrogen) atoms. The average Bonchev–Trinajstić information content (AvgIpc) is 2.92. The summed E-state index contributed by atoms with van der Waals surface area (Å²) >= 11 is 12.4. The summed E-state index contributed by atoms with van der Waals surface area (Å²) in [5.41, 5.74) is 5.36. The van der Waals surface area contributed by atoms with E-state index in [2.05, 4.69) is 10.5 Å². The molecule has 0 aliphatic heterocycles. The van der Waals surface area contributed by atoms with Gasteiger partial charge in [-0.15, -0.1) is 0 Å². The number of halogens is 2. The predicted octanol–water partition coefficient (Wildman–Crippen LogP) is 6.92. The Kier molecular flexibility index (Phi) is 9.03. The number of nitrogens with zero attached hydrogens (tertiary/aromatic N) is 1. The first-order chi connectivity index (χ1) is 18.0. The Balaban J connectivity index is 1.40. The third kappa shape index (κ3) is 7.26. The zero-order valence-electron chi connectivity index (χ0n) is 20.0. The molecule has 1 N–H and O–H groups in total. The lowest BCUT2D eigenvalue weighted by Gasteiger charge is -2.12. The molecule has 0 aliphatic rings. The number of methoxy groups -OCH3 is 1. The molecule has 1 amide bonds. The molecular formula is C29H24Cl2N2O4. The van der Waals surface area contributed by atoms with Gasteiger partial charge >= 0.3 is 0 Å². The SMILES string of the molecule is COc1cc(C(=O)N/N=C/c2cc(Cl)ccc2OCc2ccccc2Cl)ccc1OCc1ccccc1. The van der Waals surface area contributed by atoms with Crippen molar-refractivity contribution >= 4 is 35.3 Å². The molecule has 0 heterocycles. The second kappa shape index (κ2) is 12.8. The first-order valence-corrected chi connectivity index (χ1v) is 12.1. The fourth-order valence-electron chi connectivity index (χ4n) is 3.41. The molecular weight excluding hydrogens is 511 g/mol. The number of rotatable bonds is 10. The second-order valence-electron chi connectivity index (χ2n) is 7.90. The normalized spacial score (nSPS) is 10.8. The van der Waals surface area contributed by atoms with Crippen LogP contribution in [-0.4, -0.2) is 19.2 Å². The minimum atomic E-state index is -0.412. The van der Waals surface area contributed by atoms with Crippen LogP contribution in [0.2, 0.25) is 10.0 Å². The lowest BCUT2D eigenvalue weighted by Crippen LogP contribution is -2.17. The van der Waals surface area contributed by atoms with Gasteiger partial charge in [-0.25, -0.2) is 5.43 Å². The van der Waals surface area contributed by atoms with Gasteiger partial charge in [-0.3, -0.25) is 4.79 Å². The van der Waals surface area contributed by atoms with Gasteiger partial charge in [0.1, 0.15) is 19.0 Å². The molecule has 0 saturated carbocycles. The van der Waals surface area contributed by atoms with Gasteiger partial charge in [0.2, 0.25) is 0 Å². The molecule has 0 radical (unpaired) electrons. The van der Waals surface area contributed by atoms with Crippen LogP contribution in [0.5, 0.6) is 17.2 Å². The molecule has 6 nitrogen and oxygen atoms in total. The quantitative estimate of drug-likeness (QED) is 0.177. The summed E-state index contributed by atoms with van der Waals surface area (Å²) < 4.78 is 17.2. The van der Waals surface area contributed by atoms with Gasteiger partial charge in [0, 0.05) is 26.7 Å². The summed E-state index contributed by atoms with van der Waals surface area (Å²) in [7, 11) is 1.52. The number of benzene rings is 4. The first-order valence-electron chi connectivity index (χ1n) is 11.4. The smallest absolute Gasteiger partial charge is 0.271 e. The van der Waals surface area contributed by atoms with Crippen molar-refractivity contribution in [3.05, 3.63) is 123 Å². The number of nitrogens with one attached hydrogen (secondary N) is 1. The van der Waals surface area contributed by atoms with Gasteiger partial charge in [0.25, 0.3) is 5.91 Å². The third-order valence-corrected chi connectivity index (χ3v) is 5.95.